The van der Waals surface area contributed by atoms with Gasteiger partial charge in [-0.3, -0.25) is 4.79 Å². The molecule has 0 saturated carbocycles. The molecule has 182 valence electrons. The van der Waals surface area contributed by atoms with Gasteiger partial charge in [0, 0.05) is 17.7 Å². The van der Waals surface area contributed by atoms with Crippen LogP contribution in [0.4, 0.5) is 0 Å². The standard InChI is InChI=1S/C25H22O10/c1-33-18-6-10(2-3-15(18)28)23-14(9-26)13-4-11(5-17(30)25(13)35-23)24-22(32)21(31)20-16(29)7-12(27)8-19(20)34-24/h2-8,14,22-24,26-30,32H,9H2,1H3/t14-,22?,23+,24?/m1/s1. The van der Waals surface area contributed by atoms with Gasteiger partial charge in [0.05, 0.1) is 19.6 Å². The maximum absolute atomic E-state index is 12.8. The van der Waals surface area contributed by atoms with Crippen molar-refractivity contribution in [2.45, 2.75) is 24.2 Å². The Labute approximate surface area is 198 Å². The van der Waals surface area contributed by atoms with Gasteiger partial charge < -0.3 is 44.8 Å². The van der Waals surface area contributed by atoms with E-state index < -0.39 is 35.8 Å². The van der Waals surface area contributed by atoms with Gasteiger partial charge in [-0.2, -0.15) is 0 Å². The average Bonchev–Trinajstić information content (AvgIpc) is 3.20. The summed E-state index contributed by atoms with van der Waals surface area (Å²) in [7, 11) is 1.40. The summed E-state index contributed by atoms with van der Waals surface area (Å²) in [5.41, 5.74) is 0.976. The summed E-state index contributed by atoms with van der Waals surface area (Å²) in [6, 6.07) is 9.56. The Hall–Kier alpha value is -4.15. The van der Waals surface area contributed by atoms with Crippen LogP contribution >= 0.6 is 0 Å². The molecule has 3 aromatic rings. The maximum Gasteiger partial charge on any atom is 0.202 e. The smallest absolute Gasteiger partial charge is 0.202 e. The van der Waals surface area contributed by atoms with Crippen LogP contribution in [0.1, 0.15) is 45.2 Å². The Morgan fingerprint density at radius 2 is 1.66 bits per heavy atom. The normalized spacial score (nSPS) is 22.7. The van der Waals surface area contributed by atoms with Crippen molar-refractivity contribution in [3.8, 4) is 40.2 Å². The van der Waals surface area contributed by atoms with E-state index in [0.717, 1.165) is 12.1 Å². The van der Waals surface area contributed by atoms with E-state index in [4.69, 9.17) is 14.2 Å². The third-order valence-corrected chi connectivity index (χ3v) is 6.31. The number of ether oxygens (including phenoxy) is 3. The lowest BCUT2D eigenvalue weighted by Crippen LogP contribution is -2.36. The fourth-order valence-electron chi connectivity index (χ4n) is 4.63. The van der Waals surface area contributed by atoms with E-state index in [-0.39, 0.29) is 52.2 Å². The number of phenols is 4. The molecule has 2 aliphatic rings. The highest BCUT2D eigenvalue weighted by Gasteiger charge is 2.42. The first-order valence-corrected chi connectivity index (χ1v) is 10.7. The lowest BCUT2D eigenvalue weighted by Gasteiger charge is -2.30. The Kier molecular flexibility index (Phi) is 5.34. The van der Waals surface area contributed by atoms with E-state index >= 15 is 0 Å². The van der Waals surface area contributed by atoms with Crippen molar-refractivity contribution in [3.05, 3.63) is 64.7 Å². The molecule has 0 radical (unpaired) electrons. The number of aliphatic hydroxyl groups is 2. The molecular weight excluding hydrogens is 460 g/mol. The first kappa shape index (κ1) is 22.6. The number of benzene rings is 3. The monoisotopic (exact) mass is 482 g/mol. The summed E-state index contributed by atoms with van der Waals surface area (Å²) in [4.78, 5) is 12.8. The molecule has 0 aromatic heterocycles. The van der Waals surface area contributed by atoms with Crippen LogP contribution in [0.2, 0.25) is 0 Å². The number of methoxy groups -OCH3 is 1. The Morgan fingerprint density at radius 3 is 2.37 bits per heavy atom. The second-order valence-electron chi connectivity index (χ2n) is 8.40. The van der Waals surface area contributed by atoms with Crippen molar-refractivity contribution in [1.29, 1.82) is 0 Å². The number of carbonyl (C=O) groups excluding carboxylic acids is 1. The minimum absolute atomic E-state index is 0.0668. The van der Waals surface area contributed by atoms with Crippen LogP contribution in [0.25, 0.3) is 0 Å². The number of Topliss-reactive ketones (excluding diaryl/α,β-unsaturated/α-hetero) is 1. The van der Waals surface area contributed by atoms with Crippen molar-refractivity contribution in [1.82, 2.24) is 0 Å². The Bertz CT molecular complexity index is 1330. The van der Waals surface area contributed by atoms with Crippen LogP contribution in [0, 0.1) is 0 Å². The van der Waals surface area contributed by atoms with Crippen molar-refractivity contribution in [2.75, 3.05) is 13.7 Å². The number of fused-ring (bicyclic) bond motifs is 2. The van der Waals surface area contributed by atoms with Crippen LogP contribution in [0.3, 0.4) is 0 Å². The summed E-state index contributed by atoms with van der Waals surface area (Å²) in [6.45, 7) is -0.360. The summed E-state index contributed by atoms with van der Waals surface area (Å²) < 4.78 is 16.9. The lowest BCUT2D eigenvalue weighted by molar-refractivity contribution is 0.0209. The van der Waals surface area contributed by atoms with Crippen LogP contribution in [0.15, 0.2) is 42.5 Å². The molecule has 0 fully saturated rings. The third kappa shape index (κ3) is 3.54. The predicted octanol–water partition coefficient (Wildman–Crippen LogP) is 2.40. The van der Waals surface area contributed by atoms with Crippen molar-refractivity contribution in [3.63, 3.8) is 0 Å². The van der Waals surface area contributed by atoms with Crippen molar-refractivity contribution >= 4 is 5.78 Å². The van der Waals surface area contributed by atoms with Gasteiger partial charge in [0.25, 0.3) is 0 Å². The van der Waals surface area contributed by atoms with E-state index in [1.54, 1.807) is 18.2 Å². The topological polar surface area (TPSA) is 166 Å². The zero-order chi connectivity index (χ0) is 25.0. The zero-order valence-corrected chi connectivity index (χ0v) is 18.4. The molecular formula is C25H22O10. The first-order valence-electron chi connectivity index (χ1n) is 10.7. The fourth-order valence-corrected chi connectivity index (χ4v) is 4.63. The molecule has 2 unspecified atom stereocenters. The zero-order valence-electron chi connectivity index (χ0n) is 18.4. The van der Waals surface area contributed by atoms with Gasteiger partial charge in [-0.25, -0.2) is 0 Å². The minimum atomic E-state index is -1.71. The molecule has 10 nitrogen and oxygen atoms in total. The number of aliphatic hydroxyl groups excluding tert-OH is 2. The van der Waals surface area contributed by atoms with E-state index in [0.29, 0.717) is 11.1 Å². The SMILES string of the molecule is COc1cc([C@@H]2Oc3c(O)cc(C4Oc5cc(O)cc(O)c5C(=O)C4O)cc3[C@H]2CO)ccc1O. The number of carbonyl (C=O) groups is 1. The molecule has 6 N–H and O–H groups in total. The highest BCUT2D eigenvalue weighted by molar-refractivity contribution is 6.05. The van der Waals surface area contributed by atoms with Crippen LogP contribution in [0.5, 0.6) is 40.2 Å². The van der Waals surface area contributed by atoms with Crippen LogP contribution in [-0.4, -0.2) is 56.2 Å². The van der Waals surface area contributed by atoms with Crippen molar-refractivity contribution in [2.24, 2.45) is 0 Å². The van der Waals surface area contributed by atoms with E-state index in [1.807, 2.05) is 0 Å². The van der Waals surface area contributed by atoms with E-state index in [9.17, 15) is 35.4 Å². The molecule has 2 aliphatic heterocycles. The molecule has 0 saturated heterocycles. The van der Waals surface area contributed by atoms with Gasteiger partial charge in [0.2, 0.25) is 5.78 Å². The molecule has 5 rings (SSSR count). The van der Waals surface area contributed by atoms with E-state index in [1.165, 1.54) is 19.2 Å². The second-order valence-corrected chi connectivity index (χ2v) is 8.40. The molecule has 2 heterocycles. The molecule has 0 amide bonds. The number of phenolic OH excluding ortho intramolecular Hbond substituents is 4. The number of ketones is 1. The van der Waals surface area contributed by atoms with Gasteiger partial charge in [0.1, 0.15) is 28.9 Å². The molecule has 0 spiro atoms. The van der Waals surface area contributed by atoms with Crippen LogP contribution < -0.4 is 14.2 Å². The van der Waals surface area contributed by atoms with Gasteiger partial charge in [0.15, 0.2) is 35.2 Å². The van der Waals surface area contributed by atoms with Gasteiger partial charge in [-0.05, 0) is 35.4 Å². The van der Waals surface area contributed by atoms with Gasteiger partial charge in [-0.1, -0.05) is 6.07 Å². The quantitative estimate of drug-likeness (QED) is 0.325. The lowest BCUT2D eigenvalue weighted by atomic mass is 9.87. The molecule has 4 atom stereocenters. The van der Waals surface area contributed by atoms with Crippen LogP contribution in [-0.2, 0) is 0 Å². The second kappa shape index (κ2) is 8.26. The average molecular weight is 482 g/mol. The first-order chi connectivity index (χ1) is 16.7. The molecule has 3 aromatic carbocycles. The molecule has 0 aliphatic carbocycles. The fraction of sp³-hybridized carbons (Fsp3) is 0.240. The predicted molar refractivity (Wildman–Crippen MR) is 119 cm³/mol. The van der Waals surface area contributed by atoms with Gasteiger partial charge in [-0.15, -0.1) is 0 Å². The largest absolute Gasteiger partial charge is 0.508 e. The minimum Gasteiger partial charge on any atom is -0.508 e. The molecule has 0 bridgehead atoms. The highest BCUT2D eigenvalue weighted by atomic mass is 16.5. The van der Waals surface area contributed by atoms with Crippen molar-refractivity contribution < 1.29 is 49.6 Å². The molecule has 35 heavy (non-hydrogen) atoms. The summed E-state index contributed by atoms with van der Waals surface area (Å²) in [5.74, 6) is -2.45. The Morgan fingerprint density at radius 1 is 0.886 bits per heavy atom. The highest BCUT2D eigenvalue weighted by Crippen LogP contribution is 2.52. The van der Waals surface area contributed by atoms with Gasteiger partial charge >= 0.3 is 0 Å². The number of rotatable bonds is 4. The Balaban J connectivity index is 1.54. The summed E-state index contributed by atoms with van der Waals surface area (Å²) >= 11 is 0. The summed E-state index contributed by atoms with van der Waals surface area (Å²) in [5, 5.41) is 61.3. The maximum atomic E-state index is 12.8. The number of hydrogen-bond donors (Lipinski definition) is 6. The van der Waals surface area contributed by atoms with E-state index in [2.05, 4.69) is 0 Å². The third-order valence-electron chi connectivity index (χ3n) is 6.31. The number of aromatic hydroxyl groups is 4. The number of hydrogen-bond acceptors (Lipinski definition) is 10. The summed E-state index contributed by atoms with van der Waals surface area (Å²) in [6.07, 6.45) is -3.69. The molecule has 10 heteroatoms.